The van der Waals surface area contributed by atoms with Gasteiger partial charge >= 0.3 is 0 Å². The quantitative estimate of drug-likeness (QED) is 0.101. The fourth-order valence-electron chi connectivity index (χ4n) is 5.89. The second kappa shape index (κ2) is 13.4. The van der Waals surface area contributed by atoms with E-state index in [9.17, 15) is 0 Å². The van der Waals surface area contributed by atoms with Crippen molar-refractivity contribution in [2.75, 3.05) is 0 Å². The molecule has 0 bridgehead atoms. The number of aromatic nitrogens is 2. The Morgan fingerprint density at radius 3 is 2.28 bits per heavy atom. The van der Waals surface area contributed by atoms with Crippen LogP contribution in [0.25, 0.3) is 66.0 Å². The van der Waals surface area contributed by atoms with Gasteiger partial charge in [0.25, 0.3) is 0 Å². The number of fused-ring (bicyclic) bond motifs is 6. The van der Waals surface area contributed by atoms with Crippen LogP contribution in [0.3, 0.4) is 0 Å². The van der Waals surface area contributed by atoms with Crippen LogP contribution in [0.2, 0.25) is 19.6 Å². The summed E-state index contributed by atoms with van der Waals surface area (Å²) in [5.41, 5.74) is 6.30. The van der Waals surface area contributed by atoms with Crippen LogP contribution >= 0.6 is 0 Å². The summed E-state index contributed by atoms with van der Waals surface area (Å²) in [6.45, 7) is 10.8. The van der Waals surface area contributed by atoms with Crippen molar-refractivity contribution in [3.05, 3.63) is 139 Å². The molecular weight excluding hydrogens is 769 g/mol. The Morgan fingerprint density at radius 1 is 0.702 bits per heavy atom. The molecule has 3 aromatic heterocycles. The third-order valence-electron chi connectivity index (χ3n) is 8.51. The first-order chi connectivity index (χ1) is 22.6. The van der Waals surface area contributed by atoms with E-state index < -0.39 is 14.0 Å². The second-order valence-corrected chi connectivity index (χ2v) is 18.0. The predicted molar refractivity (Wildman–Crippen MR) is 196 cm³/mol. The maximum Gasteiger partial charge on any atom is 0.120 e. The number of hydrogen-bond acceptors (Lipinski definition) is 3. The smallest absolute Gasteiger partial charge is 0.120 e. The second-order valence-electron chi connectivity index (χ2n) is 12.9. The van der Waals surface area contributed by atoms with E-state index in [1.165, 1.54) is 26.7 Å². The van der Waals surface area contributed by atoms with E-state index in [2.05, 4.69) is 115 Å². The molecule has 3 heterocycles. The van der Waals surface area contributed by atoms with Gasteiger partial charge in [-0.15, -0.1) is 47.3 Å². The van der Waals surface area contributed by atoms with E-state index in [0.29, 0.717) is 0 Å². The maximum atomic E-state index is 8.31. The first-order valence-corrected chi connectivity index (χ1v) is 19.2. The van der Waals surface area contributed by atoms with Gasteiger partial charge < -0.3 is 14.4 Å². The van der Waals surface area contributed by atoms with Gasteiger partial charge in [0.05, 0.1) is 13.7 Å². The Bertz CT molecular complexity index is 2390. The van der Waals surface area contributed by atoms with Crippen molar-refractivity contribution in [1.82, 2.24) is 9.97 Å². The zero-order valence-corrected chi connectivity index (χ0v) is 30.6. The normalized spacial score (nSPS) is 12.1. The summed E-state index contributed by atoms with van der Waals surface area (Å²) in [5.74, 6) is -0.675. The van der Waals surface area contributed by atoms with Crippen LogP contribution in [0.1, 0.15) is 26.7 Å². The van der Waals surface area contributed by atoms with Crippen molar-refractivity contribution in [3.63, 3.8) is 0 Å². The molecule has 1 radical (unpaired) electrons. The van der Waals surface area contributed by atoms with Gasteiger partial charge in [-0.3, -0.25) is 0 Å². The summed E-state index contributed by atoms with van der Waals surface area (Å²) < 4.78 is 14.6. The average molecular weight is 806 g/mol. The van der Waals surface area contributed by atoms with E-state index >= 15 is 0 Å². The molecule has 0 atom stereocenters. The van der Waals surface area contributed by atoms with Crippen LogP contribution in [-0.2, 0) is 20.1 Å². The monoisotopic (exact) mass is 806 g/mol. The summed E-state index contributed by atoms with van der Waals surface area (Å²) in [6, 6.07) is 44.1. The molecule has 0 amide bonds. The fourth-order valence-corrected chi connectivity index (χ4v) is 7.04. The molecule has 5 heteroatoms. The van der Waals surface area contributed by atoms with Crippen molar-refractivity contribution in [2.24, 2.45) is 0 Å². The van der Waals surface area contributed by atoms with Crippen molar-refractivity contribution >= 4 is 56.7 Å². The first kappa shape index (κ1) is 31.2. The minimum absolute atomic E-state index is 0. The molecule has 0 spiro atoms. The van der Waals surface area contributed by atoms with E-state index in [0.717, 1.165) is 50.0 Å². The van der Waals surface area contributed by atoms with Crippen molar-refractivity contribution in [2.45, 2.75) is 39.4 Å². The molecule has 3 nitrogen and oxygen atoms in total. The predicted octanol–water partition coefficient (Wildman–Crippen LogP) is 11.0. The molecule has 8 aromatic rings. The van der Waals surface area contributed by atoms with Crippen molar-refractivity contribution in [1.29, 1.82) is 0 Å². The Morgan fingerprint density at radius 2 is 1.49 bits per heavy atom. The van der Waals surface area contributed by atoms with Gasteiger partial charge in [-0.25, -0.2) is 0 Å². The van der Waals surface area contributed by atoms with Crippen LogP contribution in [-0.4, -0.2) is 18.0 Å². The number of benzene rings is 5. The summed E-state index contributed by atoms with van der Waals surface area (Å²) >= 11 is 0. The van der Waals surface area contributed by atoms with Gasteiger partial charge in [-0.1, -0.05) is 133 Å². The number of pyridine rings is 2. The first-order valence-electron chi connectivity index (χ1n) is 16.2. The largest absolute Gasteiger partial charge is 0.501 e. The Balaban J connectivity index is 0.000000170. The van der Waals surface area contributed by atoms with Gasteiger partial charge in [0.2, 0.25) is 0 Å². The summed E-state index contributed by atoms with van der Waals surface area (Å²) in [6.07, 6.45) is 3.58. The van der Waals surface area contributed by atoms with Crippen LogP contribution in [0.15, 0.2) is 126 Å². The van der Waals surface area contributed by atoms with Crippen LogP contribution in [0, 0.1) is 12.1 Å². The molecule has 0 aliphatic rings. The van der Waals surface area contributed by atoms with Gasteiger partial charge in [-0.05, 0) is 40.9 Å². The molecule has 0 unspecified atom stereocenters. The van der Waals surface area contributed by atoms with Crippen molar-refractivity contribution < 1.29 is 25.9 Å². The van der Waals surface area contributed by atoms with E-state index in [1.807, 2.05) is 56.4 Å². The number of furan rings is 1. The maximum absolute atomic E-state index is 8.31. The topological polar surface area (TPSA) is 38.9 Å². The number of hydrogen-bond donors (Lipinski definition) is 0. The van der Waals surface area contributed by atoms with E-state index in [-0.39, 0.29) is 20.1 Å². The van der Waals surface area contributed by atoms with Crippen LogP contribution in [0.4, 0.5) is 0 Å². The zero-order chi connectivity index (χ0) is 32.8. The van der Waals surface area contributed by atoms with E-state index in [4.69, 9.17) is 5.79 Å². The number of rotatable bonds is 4. The third-order valence-corrected chi connectivity index (χ3v) is 10.6. The fraction of sp³-hybridized carbons (Fsp3) is 0.143. The average Bonchev–Trinajstić information content (AvgIpc) is 3.46. The van der Waals surface area contributed by atoms with Gasteiger partial charge in [0.15, 0.2) is 0 Å². The van der Waals surface area contributed by atoms with Gasteiger partial charge in [-0.2, -0.15) is 0 Å². The Kier molecular flexibility index (Phi) is 8.87. The molecule has 5 aromatic carbocycles. The molecule has 235 valence electrons. The summed E-state index contributed by atoms with van der Waals surface area (Å²) in [4.78, 5) is 8.92. The molecule has 0 aliphatic heterocycles. The molecule has 0 aliphatic carbocycles. The van der Waals surface area contributed by atoms with Crippen molar-refractivity contribution in [3.8, 4) is 22.5 Å². The van der Waals surface area contributed by atoms with Gasteiger partial charge in [0.1, 0.15) is 5.58 Å². The molecule has 0 fully saturated rings. The molecule has 8 rings (SSSR count). The summed E-state index contributed by atoms with van der Waals surface area (Å²) in [7, 11) is -1.41. The molecule has 0 N–H and O–H groups in total. The minimum atomic E-state index is -1.41. The Hall–Kier alpha value is -4.41. The van der Waals surface area contributed by atoms with Gasteiger partial charge in [0, 0.05) is 39.3 Å². The standard InChI is InChI=1S/C23H24NOSi.C19H12N.Ir/c1-15(2)16-11-12-24-21(13-16)20-8-6-7-19-18-10-9-17(26(3,4)5)14-22(18)25-23(19)20;1-2-6-17-14(5-1)8-9-15-13-16(10-11-18(15)17)19-7-3-4-12-20-19;/h6-7,9-15H,1-5H3;1-9,11-13H;/q2*-1;/i15D;;. The molecule has 0 saturated carbocycles. The zero-order valence-electron chi connectivity index (χ0n) is 28.2. The SMILES string of the molecule is [2H]C(C)(C)c1ccnc(-c2[c-]ccc3c2oc2cc([Si](C)(C)C)ccc23)c1.[Ir].[c-]1cc2c(ccc3ccccc32)cc1-c1ccccn1. The van der Waals surface area contributed by atoms with Crippen LogP contribution in [0.5, 0.6) is 0 Å². The minimum Gasteiger partial charge on any atom is -0.501 e. The third kappa shape index (κ3) is 6.57. The van der Waals surface area contributed by atoms with E-state index in [1.54, 1.807) is 6.20 Å². The number of nitrogens with zero attached hydrogens (tertiary/aromatic N) is 2. The molecular formula is C42H36IrN2OSi-2. The molecule has 0 saturated heterocycles. The Labute approximate surface area is 292 Å². The summed E-state index contributed by atoms with van der Waals surface area (Å²) in [5, 5.41) is 8.59. The van der Waals surface area contributed by atoms with Crippen LogP contribution < -0.4 is 5.19 Å². The molecule has 47 heavy (non-hydrogen) atoms.